The highest BCUT2D eigenvalue weighted by Crippen LogP contribution is 2.58. The van der Waals surface area contributed by atoms with E-state index < -0.39 is 0 Å². The van der Waals surface area contributed by atoms with Crippen LogP contribution >= 0.6 is 15.9 Å². The molecule has 1 heterocycles. The van der Waals surface area contributed by atoms with E-state index in [0.29, 0.717) is 5.41 Å². The molecule has 2 saturated carbocycles. The molecule has 1 saturated heterocycles. The van der Waals surface area contributed by atoms with E-state index in [-0.39, 0.29) is 18.0 Å². The number of carbonyl (C=O) groups excluding carboxylic acids is 1. The first kappa shape index (κ1) is 23.7. The topological polar surface area (TPSA) is 26.3 Å². The van der Waals surface area contributed by atoms with E-state index in [1.807, 2.05) is 34.6 Å². The number of cyclic esters (lactones) is 1. The van der Waals surface area contributed by atoms with E-state index in [9.17, 15) is 4.79 Å². The summed E-state index contributed by atoms with van der Waals surface area (Å²) < 4.78 is 5.45. The van der Waals surface area contributed by atoms with Crippen molar-refractivity contribution in [2.24, 2.45) is 23.2 Å². The summed E-state index contributed by atoms with van der Waals surface area (Å²) >= 11 is 3.59. The molecule has 0 aromatic heterocycles. The van der Waals surface area contributed by atoms with Crippen LogP contribution in [0, 0.1) is 23.2 Å². The van der Waals surface area contributed by atoms with Gasteiger partial charge < -0.3 is 4.74 Å². The van der Waals surface area contributed by atoms with Crippen molar-refractivity contribution in [2.45, 2.75) is 105 Å². The van der Waals surface area contributed by atoms with E-state index in [0.717, 1.165) is 24.7 Å². The smallest absolute Gasteiger partial charge is 0.309 e. The summed E-state index contributed by atoms with van der Waals surface area (Å²) in [6.45, 7) is 12.5. The van der Waals surface area contributed by atoms with Gasteiger partial charge in [0, 0.05) is 0 Å². The number of carbonyl (C=O) groups is 1. The van der Waals surface area contributed by atoms with Crippen LogP contribution < -0.4 is 0 Å². The van der Waals surface area contributed by atoms with E-state index in [1.54, 1.807) is 5.57 Å². The molecule has 0 aromatic carbocycles. The zero-order valence-corrected chi connectivity index (χ0v) is 19.5. The average Bonchev–Trinajstić information content (AvgIpc) is 3.17. The first-order chi connectivity index (χ1) is 12.5. The molecule has 26 heavy (non-hydrogen) atoms. The fourth-order valence-electron chi connectivity index (χ4n) is 5.34. The fourth-order valence-corrected chi connectivity index (χ4v) is 5.89. The van der Waals surface area contributed by atoms with E-state index in [4.69, 9.17) is 4.74 Å². The Morgan fingerprint density at radius 3 is 2.46 bits per heavy atom. The molecule has 5 atom stereocenters. The second-order valence-electron chi connectivity index (χ2n) is 8.00. The number of rotatable bonds is 4. The van der Waals surface area contributed by atoms with Gasteiger partial charge in [-0.1, -0.05) is 63.0 Å². The summed E-state index contributed by atoms with van der Waals surface area (Å²) in [5.41, 5.74) is 2.16. The highest BCUT2D eigenvalue weighted by molar-refractivity contribution is 9.11. The van der Waals surface area contributed by atoms with Crippen LogP contribution in [0.4, 0.5) is 0 Å². The molecule has 0 bridgehead atoms. The maximum atomic E-state index is 11.5. The van der Waals surface area contributed by atoms with Gasteiger partial charge in [0.15, 0.2) is 0 Å². The third-order valence-electron chi connectivity index (χ3n) is 6.68. The minimum atomic E-state index is 0.0114. The van der Waals surface area contributed by atoms with Crippen molar-refractivity contribution < 1.29 is 9.53 Å². The molecule has 2 aliphatic carbocycles. The standard InChI is InChI=1S/C19H29BrO2.2C2H6/c1-13-11-16(22-18(13)21)7-3-6-15-8-9-17-14(12-20)5-4-10-19(15,17)2;2*1-2/h12-13,15-17H,3-11H2,1-2H3;2*1-2H3/b14-12+;;. The Hall–Kier alpha value is -0.310. The normalized spacial score (nSPS) is 37.2. The van der Waals surface area contributed by atoms with Gasteiger partial charge in [-0.2, -0.15) is 0 Å². The molecule has 3 aliphatic rings. The van der Waals surface area contributed by atoms with Gasteiger partial charge in [0.25, 0.3) is 0 Å². The van der Waals surface area contributed by atoms with Crippen molar-refractivity contribution in [3.05, 3.63) is 10.6 Å². The monoisotopic (exact) mass is 428 g/mol. The summed E-state index contributed by atoms with van der Waals surface area (Å²) in [7, 11) is 0. The molecule has 3 heteroatoms. The van der Waals surface area contributed by atoms with Crippen molar-refractivity contribution in [3.8, 4) is 0 Å². The van der Waals surface area contributed by atoms with Crippen molar-refractivity contribution in [1.29, 1.82) is 0 Å². The van der Waals surface area contributed by atoms with Crippen LogP contribution in [0.3, 0.4) is 0 Å². The second kappa shape index (κ2) is 11.5. The Morgan fingerprint density at radius 2 is 1.88 bits per heavy atom. The number of hydrogen-bond acceptors (Lipinski definition) is 2. The zero-order valence-electron chi connectivity index (χ0n) is 17.9. The lowest BCUT2D eigenvalue weighted by Crippen LogP contribution is -2.33. The van der Waals surface area contributed by atoms with Crippen LogP contribution in [0.25, 0.3) is 0 Å². The summed E-state index contributed by atoms with van der Waals surface area (Å²) in [6.07, 6.45) is 11.5. The second-order valence-corrected chi connectivity index (χ2v) is 8.45. The molecular weight excluding hydrogens is 388 g/mol. The largest absolute Gasteiger partial charge is 0.462 e. The Bertz CT molecular complexity index is 459. The van der Waals surface area contributed by atoms with Gasteiger partial charge in [0.2, 0.25) is 0 Å². The minimum absolute atomic E-state index is 0.0114. The van der Waals surface area contributed by atoms with Crippen LogP contribution in [-0.2, 0) is 9.53 Å². The van der Waals surface area contributed by atoms with Gasteiger partial charge >= 0.3 is 5.97 Å². The van der Waals surface area contributed by atoms with Crippen molar-refractivity contribution in [3.63, 3.8) is 0 Å². The molecule has 0 N–H and O–H groups in total. The van der Waals surface area contributed by atoms with Gasteiger partial charge in [-0.3, -0.25) is 4.79 Å². The number of allylic oxidation sites excluding steroid dienone is 1. The Balaban J connectivity index is 0.000000791. The van der Waals surface area contributed by atoms with Gasteiger partial charge in [-0.15, -0.1) is 0 Å². The highest BCUT2D eigenvalue weighted by atomic mass is 79.9. The molecule has 3 rings (SSSR count). The first-order valence-corrected chi connectivity index (χ1v) is 12.0. The predicted octanol–water partition coefficient (Wildman–Crippen LogP) is 7.66. The molecule has 0 spiro atoms. The third kappa shape index (κ3) is 5.36. The van der Waals surface area contributed by atoms with Crippen LogP contribution in [0.2, 0.25) is 0 Å². The van der Waals surface area contributed by atoms with Gasteiger partial charge in [-0.25, -0.2) is 0 Å². The van der Waals surface area contributed by atoms with E-state index in [1.165, 1.54) is 44.9 Å². The maximum absolute atomic E-state index is 11.5. The van der Waals surface area contributed by atoms with Crippen molar-refractivity contribution in [1.82, 2.24) is 0 Å². The lowest BCUT2D eigenvalue weighted by Gasteiger charge is -2.42. The third-order valence-corrected chi connectivity index (χ3v) is 7.27. The highest BCUT2D eigenvalue weighted by Gasteiger charge is 2.48. The predicted molar refractivity (Wildman–Crippen MR) is 115 cm³/mol. The fraction of sp³-hybridized carbons (Fsp3) is 0.870. The number of ether oxygens (including phenoxy) is 1. The summed E-state index contributed by atoms with van der Waals surface area (Å²) in [6, 6.07) is 0. The van der Waals surface area contributed by atoms with Crippen LogP contribution in [0.5, 0.6) is 0 Å². The van der Waals surface area contributed by atoms with Gasteiger partial charge in [-0.05, 0) is 80.0 Å². The van der Waals surface area contributed by atoms with Crippen LogP contribution in [-0.4, -0.2) is 12.1 Å². The van der Waals surface area contributed by atoms with Gasteiger partial charge in [0.05, 0.1) is 5.92 Å². The maximum Gasteiger partial charge on any atom is 0.309 e. The van der Waals surface area contributed by atoms with E-state index in [2.05, 4.69) is 27.8 Å². The molecule has 2 nitrogen and oxygen atoms in total. The molecule has 3 fully saturated rings. The number of hydrogen-bond donors (Lipinski definition) is 0. The number of esters is 1. The van der Waals surface area contributed by atoms with Crippen molar-refractivity contribution >= 4 is 21.9 Å². The number of fused-ring (bicyclic) bond motifs is 1. The summed E-state index contributed by atoms with van der Waals surface area (Å²) in [4.78, 5) is 13.7. The average molecular weight is 429 g/mol. The Morgan fingerprint density at radius 1 is 1.19 bits per heavy atom. The lowest BCUT2D eigenvalue weighted by atomic mass is 9.63. The van der Waals surface area contributed by atoms with Crippen LogP contribution in [0.1, 0.15) is 99.3 Å². The van der Waals surface area contributed by atoms with Gasteiger partial charge in [0.1, 0.15) is 6.10 Å². The zero-order chi connectivity index (χ0) is 19.7. The SMILES string of the molecule is CC.CC.CC1CC(CCCC2CCC3/C(=C/Br)CCCC23C)OC1=O. The molecule has 0 radical (unpaired) electrons. The number of halogens is 1. The first-order valence-electron chi connectivity index (χ1n) is 11.0. The molecule has 0 amide bonds. The molecule has 1 aliphatic heterocycles. The summed E-state index contributed by atoms with van der Waals surface area (Å²) in [5.74, 6) is 1.78. The van der Waals surface area contributed by atoms with E-state index >= 15 is 0 Å². The quantitative estimate of drug-likeness (QED) is 0.429. The molecule has 152 valence electrons. The van der Waals surface area contributed by atoms with Crippen LogP contribution in [0.15, 0.2) is 10.6 Å². The van der Waals surface area contributed by atoms with Crippen molar-refractivity contribution in [2.75, 3.05) is 0 Å². The summed E-state index contributed by atoms with van der Waals surface area (Å²) in [5, 5.41) is 0. The lowest BCUT2D eigenvalue weighted by molar-refractivity contribution is -0.144. The minimum Gasteiger partial charge on any atom is -0.462 e. The molecular formula is C23H41BrO2. The Labute approximate surface area is 170 Å². The molecule has 5 unspecified atom stereocenters. The Kier molecular flexibility index (Phi) is 10.5. The molecule has 0 aromatic rings.